The Bertz CT molecular complexity index is 1010. The lowest BCUT2D eigenvalue weighted by Crippen LogP contribution is -2.27. The Hall–Kier alpha value is -2.03. The van der Waals surface area contributed by atoms with Gasteiger partial charge in [-0.3, -0.25) is 0 Å². The van der Waals surface area contributed by atoms with Crippen LogP contribution in [-0.4, -0.2) is 14.7 Å². The zero-order chi connectivity index (χ0) is 20.7. The van der Waals surface area contributed by atoms with E-state index in [9.17, 15) is 14.7 Å². The van der Waals surface area contributed by atoms with Gasteiger partial charge in [0, 0.05) is 5.56 Å². The highest BCUT2D eigenvalue weighted by atomic mass is 31.2. The molecule has 28 heavy (non-hydrogen) atoms. The van der Waals surface area contributed by atoms with Gasteiger partial charge in [-0.05, 0) is 64.8 Å². The van der Waals surface area contributed by atoms with Crippen molar-refractivity contribution in [3.05, 3.63) is 77.4 Å². The van der Waals surface area contributed by atoms with Crippen molar-refractivity contribution < 1.29 is 14.7 Å². The van der Waals surface area contributed by atoms with Gasteiger partial charge in [-0.2, -0.15) is 14.7 Å². The molecule has 3 rings (SSSR count). The number of benzene rings is 3. The van der Waals surface area contributed by atoms with Crippen LogP contribution in [0.25, 0.3) is 22.3 Å². The van der Waals surface area contributed by atoms with Crippen molar-refractivity contribution in [2.75, 3.05) is 0 Å². The van der Waals surface area contributed by atoms with Crippen molar-refractivity contribution in [2.45, 2.75) is 40.0 Å². The fourth-order valence-electron chi connectivity index (χ4n) is 3.83. The summed E-state index contributed by atoms with van der Waals surface area (Å²) in [6, 6.07) is 19.8. The molecular formula is C24H28O3P+. The van der Waals surface area contributed by atoms with Crippen LogP contribution in [0.1, 0.15) is 37.5 Å². The molecule has 0 atom stereocenters. The zero-order valence-corrected chi connectivity index (χ0v) is 18.0. The lowest BCUT2D eigenvalue weighted by Gasteiger charge is -2.28. The summed E-state index contributed by atoms with van der Waals surface area (Å²) in [7, 11) is -4.19. The highest BCUT2D eigenvalue weighted by Gasteiger charge is 2.42. The first kappa shape index (κ1) is 20.7. The van der Waals surface area contributed by atoms with Gasteiger partial charge in [0.25, 0.3) is 0 Å². The molecule has 0 bridgehead atoms. The summed E-state index contributed by atoms with van der Waals surface area (Å²) >= 11 is 0. The van der Waals surface area contributed by atoms with E-state index in [1.165, 1.54) is 0 Å². The molecule has 0 amide bonds. The van der Waals surface area contributed by atoms with Crippen LogP contribution in [-0.2, 0) is 5.41 Å². The van der Waals surface area contributed by atoms with Gasteiger partial charge >= 0.3 is 7.94 Å². The minimum atomic E-state index is -4.19. The first-order chi connectivity index (χ1) is 13.0. The maximum absolute atomic E-state index is 10.2. The van der Waals surface area contributed by atoms with Crippen molar-refractivity contribution in [1.82, 2.24) is 0 Å². The normalized spacial score (nSPS) is 12.3. The molecule has 0 aliphatic carbocycles. The predicted octanol–water partition coefficient (Wildman–Crippen LogP) is 5.30. The smallest absolute Gasteiger partial charge is 0.189 e. The Kier molecular flexibility index (Phi) is 5.49. The fourth-order valence-corrected chi connectivity index (χ4v) is 4.86. The van der Waals surface area contributed by atoms with E-state index >= 15 is 0 Å². The van der Waals surface area contributed by atoms with Crippen molar-refractivity contribution in [3.8, 4) is 22.3 Å². The molecule has 0 spiro atoms. The third-order valence-electron chi connectivity index (χ3n) is 5.11. The lowest BCUT2D eigenvalue weighted by molar-refractivity contribution is 0.346. The van der Waals surface area contributed by atoms with Gasteiger partial charge in [-0.15, -0.1) is 0 Å². The second kappa shape index (κ2) is 7.42. The molecule has 0 aliphatic heterocycles. The van der Waals surface area contributed by atoms with Gasteiger partial charge in [-0.1, -0.05) is 69.3 Å². The standard InChI is InChI=1S/C24H28O3P/c1-16-10-6-8-12-18(16)20-14-15-21(28(25,26)27)23(24(3,4)5)22(20)19-13-9-7-11-17(19)2/h6-15,25-27H,1-5H3/q+1. The van der Waals surface area contributed by atoms with E-state index in [0.717, 1.165) is 38.9 Å². The first-order valence-electron chi connectivity index (χ1n) is 9.39. The van der Waals surface area contributed by atoms with E-state index in [2.05, 4.69) is 38.1 Å². The van der Waals surface area contributed by atoms with Crippen LogP contribution in [0.4, 0.5) is 0 Å². The molecule has 0 saturated carbocycles. The Morgan fingerprint density at radius 2 is 1.14 bits per heavy atom. The van der Waals surface area contributed by atoms with Gasteiger partial charge in [0.05, 0.1) is 0 Å². The van der Waals surface area contributed by atoms with Crippen LogP contribution in [0.5, 0.6) is 0 Å². The topological polar surface area (TPSA) is 60.7 Å². The Labute approximate surface area is 167 Å². The van der Waals surface area contributed by atoms with Gasteiger partial charge in [-0.25, -0.2) is 0 Å². The Balaban J connectivity index is 2.53. The molecule has 3 aromatic rings. The minimum Gasteiger partial charge on any atom is -0.189 e. The van der Waals surface area contributed by atoms with E-state index < -0.39 is 13.4 Å². The van der Waals surface area contributed by atoms with Crippen molar-refractivity contribution in [2.24, 2.45) is 0 Å². The molecule has 0 fully saturated rings. The monoisotopic (exact) mass is 395 g/mol. The fraction of sp³-hybridized carbons (Fsp3) is 0.250. The maximum Gasteiger partial charge on any atom is 0.441 e. The molecule has 3 N–H and O–H groups in total. The average Bonchev–Trinajstić information content (AvgIpc) is 2.60. The van der Waals surface area contributed by atoms with E-state index in [1.807, 2.05) is 51.1 Å². The Morgan fingerprint density at radius 1 is 0.643 bits per heavy atom. The van der Waals surface area contributed by atoms with E-state index in [0.29, 0.717) is 0 Å². The third-order valence-corrected chi connectivity index (χ3v) is 6.13. The van der Waals surface area contributed by atoms with Crippen molar-refractivity contribution >= 4 is 13.2 Å². The predicted molar refractivity (Wildman–Crippen MR) is 119 cm³/mol. The molecule has 3 nitrogen and oxygen atoms in total. The Morgan fingerprint density at radius 3 is 1.61 bits per heavy atom. The van der Waals surface area contributed by atoms with Gasteiger partial charge in [0.2, 0.25) is 0 Å². The van der Waals surface area contributed by atoms with E-state index in [4.69, 9.17) is 0 Å². The summed E-state index contributed by atoms with van der Waals surface area (Å²) < 4.78 is 0. The molecule has 3 aromatic carbocycles. The van der Waals surface area contributed by atoms with Crippen LogP contribution < -0.4 is 5.30 Å². The number of hydrogen-bond donors (Lipinski definition) is 3. The number of aryl methyl sites for hydroxylation is 2. The van der Waals surface area contributed by atoms with E-state index in [-0.39, 0.29) is 5.30 Å². The van der Waals surface area contributed by atoms with Crippen molar-refractivity contribution in [3.63, 3.8) is 0 Å². The summed E-state index contributed by atoms with van der Waals surface area (Å²) in [4.78, 5) is 30.6. The van der Waals surface area contributed by atoms with Crippen LogP contribution in [0.15, 0.2) is 60.7 Å². The quantitative estimate of drug-likeness (QED) is 0.528. The van der Waals surface area contributed by atoms with E-state index in [1.54, 1.807) is 6.07 Å². The zero-order valence-electron chi connectivity index (χ0n) is 17.1. The SMILES string of the molecule is Cc1ccccc1-c1ccc([P+](O)(O)O)c(C(C)(C)C)c1-c1ccccc1C. The summed E-state index contributed by atoms with van der Waals surface area (Å²) in [5.74, 6) is 0. The molecule has 0 unspecified atom stereocenters. The second-order valence-corrected chi connectivity index (χ2v) is 9.95. The van der Waals surface area contributed by atoms with Gasteiger partial charge < -0.3 is 0 Å². The molecule has 0 aromatic heterocycles. The summed E-state index contributed by atoms with van der Waals surface area (Å²) in [5.41, 5.74) is 6.68. The molecule has 0 saturated heterocycles. The summed E-state index contributed by atoms with van der Waals surface area (Å²) in [5, 5.41) is 0.218. The number of rotatable bonds is 3. The summed E-state index contributed by atoms with van der Waals surface area (Å²) in [6.07, 6.45) is 0. The largest absolute Gasteiger partial charge is 0.441 e. The molecule has 146 valence electrons. The van der Waals surface area contributed by atoms with Gasteiger partial charge in [0.15, 0.2) is 5.30 Å². The van der Waals surface area contributed by atoms with Crippen LogP contribution in [0.3, 0.4) is 0 Å². The molecule has 0 radical (unpaired) electrons. The average molecular weight is 395 g/mol. The highest BCUT2D eigenvalue weighted by Crippen LogP contribution is 2.50. The minimum absolute atomic E-state index is 0.218. The lowest BCUT2D eigenvalue weighted by atomic mass is 9.77. The van der Waals surface area contributed by atoms with Crippen LogP contribution >= 0.6 is 7.94 Å². The van der Waals surface area contributed by atoms with Gasteiger partial charge in [0.1, 0.15) is 0 Å². The first-order valence-corrected chi connectivity index (χ1v) is 11.0. The van der Waals surface area contributed by atoms with Crippen LogP contribution in [0, 0.1) is 13.8 Å². The number of hydrogen-bond acceptors (Lipinski definition) is 3. The molecule has 0 heterocycles. The molecular weight excluding hydrogens is 367 g/mol. The molecule has 4 heteroatoms. The van der Waals surface area contributed by atoms with Crippen LogP contribution in [0.2, 0.25) is 0 Å². The molecule has 0 aliphatic rings. The maximum atomic E-state index is 10.2. The second-order valence-electron chi connectivity index (χ2n) is 8.33. The van der Waals surface area contributed by atoms with Crippen molar-refractivity contribution in [1.29, 1.82) is 0 Å². The summed E-state index contributed by atoms with van der Waals surface area (Å²) in [6.45, 7) is 10.2. The highest BCUT2D eigenvalue weighted by molar-refractivity contribution is 7.66. The third kappa shape index (κ3) is 3.90.